The van der Waals surface area contributed by atoms with Gasteiger partial charge in [-0.3, -0.25) is 4.79 Å². The second kappa shape index (κ2) is 9.30. The third kappa shape index (κ3) is 6.06. The second-order valence-electron chi connectivity index (χ2n) is 7.92. The maximum atomic E-state index is 12.2. The summed E-state index contributed by atoms with van der Waals surface area (Å²) in [6.07, 6.45) is 4.00. The van der Waals surface area contributed by atoms with Gasteiger partial charge in [0.1, 0.15) is 11.2 Å². The van der Waals surface area contributed by atoms with Gasteiger partial charge in [0, 0.05) is 46.5 Å². The zero-order chi connectivity index (χ0) is 21.7. The number of fused-ring (bicyclic) bond motifs is 1. The van der Waals surface area contributed by atoms with Crippen LogP contribution in [0, 0.1) is 0 Å². The number of hydrogen-bond donors (Lipinski definition) is 3. The zero-order valence-electron chi connectivity index (χ0n) is 17.2. The number of aromatic amines is 1. The molecule has 0 aliphatic heterocycles. The molecule has 0 atom stereocenters. The first kappa shape index (κ1) is 21.8. The van der Waals surface area contributed by atoms with Crippen molar-refractivity contribution in [3.63, 3.8) is 0 Å². The summed E-state index contributed by atoms with van der Waals surface area (Å²) in [5.41, 5.74) is 2.91. The predicted molar refractivity (Wildman–Crippen MR) is 121 cm³/mol. The molecule has 0 saturated heterocycles. The fourth-order valence-corrected chi connectivity index (χ4v) is 3.30. The molecule has 0 aliphatic rings. The summed E-state index contributed by atoms with van der Waals surface area (Å²) in [5.74, 6) is -0.111. The standard InChI is InChI=1S/C22H25BrN4O3/c1-22(2,3)30-21(29)24-9-5-8-19(28)27-16-7-4-6-14(10-16)15-11-17-18(23)13-26-20(17)25-12-15/h4,6-7,10-13H,5,8-9H2,1-3H3,(H,24,29)(H,25,26)(H,27,28). The monoisotopic (exact) mass is 472 g/mol. The molecule has 0 unspecified atom stereocenters. The number of nitrogens with zero attached hydrogens (tertiary/aromatic N) is 1. The Hall–Kier alpha value is -2.87. The number of amides is 2. The van der Waals surface area contributed by atoms with Crippen LogP contribution >= 0.6 is 15.9 Å². The van der Waals surface area contributed by atoms with E-state index in [2.05, 4.69) is 36.5 Å². The largest absolute Gasteiger partial charge is 0.444 e. The summed E-state index contributed by atoms with van der Waals surface area (Å²) >= 11 is 3.51. The Kier molecular flexibility index (Phi) is 6.77. The van der Waals surface area contributed by atoms with Crippen LogP contribution in [-0.4, -0.2) is 34.1 Å². The van der Waals surface area contributed by atoms with Gasteiger partial charge in [-0.2, -0.15) is 0 Å². The van der Waals surface area contributed by atoms with Crippen LogP contribution in [-0.2, 0) is 9.53 Å². The van der Waals surface area contributed by atoms with Crippen LogP contribution in [0.2, 0.25) is 0 Å². The quantitative estimate of drug-likeness (QED) is 0.427. The lowest BCUT2D eigenvalue weighted by atomic mass is 10.1. The molecule has 2 heterocycles. The number of alkyl carbamates (subject to hydrolysis) is 1. The number of ether oxygens (including phenoxy) is 1. The Balaban J connectivity index is 1.54. The minimum atomic E-state index is -0.538. The van der Waals surface area contributed by atoms with Crippen molar-refractivity contribution in [1.29, 1.82) is 0 Å². The van der Waals surface area contributed by atoms with Crippen LogP contribution in [0.1, 0.15) is 33.6 Å². The highest BCUT2D eigenvalue weighted by molar-refractivity contribution is 9.10. The summed E-state index contributed by atoms with van der Waals surface area (Å²) in [5, 5.41) is 6.55. The molecule has 2 aromatic heterocycles. The van der Waals surface area contributed by atoms with Gasteiger partial charge < -0.3 is 20.4 Å². The molecule has 7 nitrogen and oxygen atoms in total. The Morgan fingerprint density at radius 3 is 2.77 bits per heavy atom. The molecule has 158 valence electrons. The number of anilines is 1. The number of benzene rings is 1. The maximum absolute atomic E-state index is 12.2. The highest BCUT2D eigenvalue weighted by atomic mass is 79.9. The highest BCUT2D eigenvalue weighted by Crippen LogP contribution is 2.28. The van der Waals surface area contributed by atoms with E-state index in [4.69, 9.17) is 4.74 Å². The van der Waals surface area contributed by atoms with E-state index in [1.54, 1.807) is 27.0 Å². The fourth-order valence-electron chi connectivity index (χ4n) is 2.88. The van der Waals surface area contributed by atoms with Crippen LogP contribution in [0.3, 0.4) is 0 Å². The normalized spacial score (nSPS) is 11.3. The van der Waals surface area contributed by atoms with Gasteiger partial charge in [0.25, 0.3) is 0 Å². The molecular formula is C22H25BrN4O3. The molecule has 0 fully saturated rings. The van der Waals surface area contributed by atoms with Gasteiger partial charge >= 0.3 is 6.09 Å². The summed E-state index contributed by atoms with van der Waals surface area (Å²) in [6.45, 7) is 5.79. The first-order valence-electron chi connectivity index (χ1n) is 9.71. The summed E-state index contributed by atoms with van der Waals surface area (Å²) < 4.78 is 6.12. The van der Waals surface area contributed by atoms with Gasteiger partial charge in [-0.25, -0.2) is 9.78 Å². The van der Waals surface area contributed by atoms with Gasteiger partial charge in [0.05, 0.1) is 0 Å². The third-order valence-corrected chi connectivity index (χ3v) is 4.87. The molecule has 3 rings (SSSR count). The number of halogens is 1. The number of hydrogen-bond acceptors (Lipinski definition) is 4. The molecule has 0 spiro atoms. The van der Waals surface area contributed by atoms with Crippen molar-refractivity contribution in [2.75, 3.05) is 11.9 Å². The van der Waals surface area contributed by atoms with Gasteiger partial charge in [0.15, 0.2) is 0 Å². The Morgan fingerprint density at radius 1 is 1.20 bits per heavy atom. The summed E-state index contributed by atoms with van der Waals surface area (Å²) in [4.78, 5) is 31.4. The van der Waals surface area contributed by atoms with Crippen molar-refractivity contribution < 1.29 is 14.3 Å². The molecule has 2 amide bonds. The predicted octanol–water partition coefficient (Wildman–Crippen LogP) is 5.24. The number of H-pyrrole nitrogens is 1. The first-order chi connectivity index (χ1) is 14.2. The van der Waals surface area contributed by atoms with E-state index >= 15 is 0 Å². The molecule has 3 aromatic rings. The Morgan fingerprint density at radius 2 is 2.00 bits per heavy atom. The van der Waals surface area contributed by atoms with E-state index in [1.807, 2.05) is 36.5 Å². The summed E-state index contributed by atoms with van der Waals surface area (Å²) in [7, 11) is 0. The van der Waals surface area contributed by atoms with Crippen molar-refractivity contribution >= 4 is 44.7 Å². The van der Waals surface area contributed by atoms with Crippen LogP contribution in [0.5, 0.6) is 0 Å². The van der Waals surface area contributed by atoms with Crippen LogP contribution < -0.4 is 10.6 Å². The van der Waals surface area contributed by atoms with E-state index in [0.29, 0.717) is 25.1 Å². The molecule has 0 aliphatic carbocycles. The first-order valence-corrected chi connectivity index (χ1v) is 10.5. The minimum Gasteiger partial charge on any atom is -0.444 e. The average Bonchev–Trinajstić information content (AvgIpc) is 3.04. The molecule has 30 heavy (non-hydrogen) atoms. The lowest BCUT2D eigenvalue weighted by molar-refractivity contribution is -0.116. The number of rotatable bonds is 6. The molecule has 0 radical (unpaired) electrons. The van der Waals surface area contributed by atoms with Crippen LogP contribution in [0.25, 0.3) is 22.2 Å². The van der Waals surface area contributed by atoms with Gasteiger partial charge in [-0.05, 0) is 66.9 Å². The smallest absolute Gasteiger partial charge is 0.407 e. The zero-order valence-corrected chi connectivity index (χ0v) is 18.8. The second-order valence-corrected chi connectivity index (χ2v) is 8.77. The molecule has 3 N–H and O–H groups in total. The fraction of sp³-hybridized carbons (Fsp3) is 0.318. The van der Waals surface area contributed by atoms with E-state index in [9.17, 15) is 9.59 Å². The third-order valence-electron chi connectivity index (χ3n) is 4.21. The lowest BCUT2D eigenvalue weighted by Crippen LogP contribution is -2.33. The number of nitrogens with one attached hydrogen (secondary N) is 3. The van der Waals surface area contributed by atoms with Crippen LogP contribution in [0.15, 0.2) is 47.2 Å². The number of aromatic nitrogens is 2. The minimum absolute atomic E-state index is 0.111. The maximum Gasteiger partial charge on any atom is 0.407 e. The van der Waals surface area contributed by atoms with E-state index in [1.165, 1.54) is 0 Å². The number of carbonyl (C=O) groups is 2. The Bertz CT molecular complexity index is 1060. The van der Waals surface area contributed by atoms with E-state index in [-0.39, 0.29) is 5.91 Å². The topological polar surface area (TPSA) is 96.1 Å². The van der Waals surface area contributed by atoms with Crippen LogP contribution in [0.4, 0.5) is 10.5 Å². The molecular weight excluding hydrogens is 448 g/mol. The van der Waals surface area contributed by atoms with E-state index in [0.717, 1.165) is 26.6 Å². The lowest BCUT2D eigenvalue weighted by Gasteiger charge is -2.19. The average molecular weight is 473 g/mol. The Labute approximate surface area is 183 Å². The van der Waals surface area contributed by atoms with Crippen molar-refractivity contribution in [2.45, 2.75) is 39.2 Å². The number of pyridine rings is 1. The highest BCUT2D eigenvalue weighted by Gasteiger charge is 2.15. The van der Waals surface area contributed by atoms with Gasteiger partial charge in [0.2, 0.25) is 5.91 Å². The van der Waals surface area contributed by atoms with Gasteiger partial charge in [-0.1, -0.05) is 12.1 Å². The van der Waals surface area contributed by atoms with Crippen molar-refractivity contribution in [1.82, 2.24) is 15.3 Å². The number of carbonyl (C=O) groups excluding carboxylic acids is 2. The van der Waals surface area contributed by atoms with Crippen molar-refractivity contribution in [3.05, 3.63) is 47.2 Å². The van der Waals surface area contributed by atoms with E-state index < -0.39 is 11.7 Å². The molecule has 1 aromatic carbocycles. The van der Waals surface area contributed by atoms with Gasteiger partial charge in [-0.15, -0.1) is 0 Å². The SMILES string of the molecule is CC(C)(C)OC(=O)NCCCC(=O)Nc1cccc(-c2cnc3[nH]cc(Br)c3c2)c1. The van der Waals surface area contributed by atoms with Crippen molar-refractivity contribution in [3.8, 4) is 11.1 Å². The molecule has 0 bridgehead atoms. The van der Waals surface area contributed by atoms with Crippen molar-refractivity contribution in [2.24, 2.45) is 0 Å². The molecule has 8 heteroatoms. The molecule has 0 saturated carbocycles. The summed E-state index contributed by atoms with van der Waals surface area (Å²) in [6, 6.07) is 9.68.